The third kappa shape index (κ3) is 5.15. The third-order valence-corrected chi connectivity index (χ3v) is 6.60. The molecule has 1 aliphatic heterocycles. The quantitative estimate of drug-likeness (QED) is 0.801. The molecule has 8 heteroatoms. The number of benzene rings is 2. The molecule has 0 radical (unpaired) electrons. The summed E-state index contributed by atoms with van der Waals surface area (Å²) < 4.78 is 41.3. The molecule has 1 fully saturated rings. The number of carbonyl (C=O) groups is 1. The molecule has 2 aromatic carbocycles. The molecule has 0 spiro atoms. The first-order valence-corrected chi connectivity index (χ1v) is 10.6. The van der Waals surface area contributed by atoms with Crippen molar-refractivity contribution in [3.63, 3.8) is 0 Å². The standard InChI is InChI=1S/C20H24FN3O3S/c1-16-3-5-18(6-4-16)14-23-11-2-12-24(28(23,26)27)15-20(25)22-13-17-7-9-19(21)10-8-17/h3-10H,2,11-15H2,1H3,(H,22,25). The van der Waals surface area contributed by atoms with Gasteiger partial charge >= 0.3 is 0 Å². The van der Waals surface area contributed by atoms with E-state index in [-0.39, 0.29) is 31.4 Å². The Labute approximate surface area is 165 Å². The largest absolute Gasteiger partial charge is 0.351 e. The predicted octanol–water partition coefficient (Wildman–Crippen LogP) is 2.20. The SMILES string of the molecule is Cc1ccc(CN2CCCN(CC(=O)NCc3ccc(F)cc3)S2(=O)=O)cc1. The summed E-state index contributed by atoms with van der Waals surface area (Å²) in [4.78, 5) is 12.2. The van der Waals surface area contributed by atoms with Gasteiger partial charge in [0, 0.05) is 26.2 Å². The van der Waals surface area contributed by atoms with Gasteiger partial charge in [-0.1, -0.05) is 42.0 Å². The van der Waals surface area contributed by atoms with Crippen LogP contribution in [0.15, 0.2) is 48.5 Å². The van der Waals surface area contributed by atoms with Crippen LogP contribution in [0.2, 0.25) is 0 Å². The van der Waals surface area contributed by atoms with E-state index in [9.17, 15) is 17.6 Å². The fourth-order valence-electron chi connectivity index (χ4n) is 3.05. The van der Waals surface area contributed by atoms with Crippen LogP contribution in [-0.2, 0) is 28.1 Å². The molecule has 28 heavy (non-hydrogen) atoms. The van der Waals surface area contributed by atoms with E-state index in [1.165, 1.54) is 20.7 Å². The van der Waals surface area contributed by atoms with Gasteiger partial charge in [0.1, 0.15) is 5.82 Å². The summed E-state index contributed by atoms with van der Waals surface area (Å²) in [5.41, 5.74) is 2.78. The Hall–Kier alpha value is -2.29. The number of nitrogens with one attached hydrogen (secondary N) is 1. The number of carbonyl (C=O) groups excluding carboxylic acids is 1. The van der Waals surface area contributed by atoms with Crippen LogP contribution in [0.4, 0.5) is 4.39 Å². The summed E-state index contributed by atoms with van der Waals surface area (Å²) in [6.07, 6.45) is 0.663. The van der Waals surface area contributed by atoms with Gasteiger partial charge in [0.2, 0.25) is 5.91 Å². The molecule has 0 aliphatic carbocycles. The number of hydrogen-bond acceptors (Lipinski definition) is 3. The van der Waals surface area contributed by atoms with E-state index in [2.05, 4.69) is 5.32 Å². The molecule has 150 valence electrons. The zero-order valence-corrected chi connectivity index (χ0v) is 16.6. The second-order valence-corrected chi connectivity index (χ2v) is 8.85. The van der Waals surface area contributed by atoms with E-state index in [1.54, 1.807) is 12.1 Å². The van der Waals surface area contributed by atoms with Gasteiger partial charge < -0.3 is 5.32 Å². The summed E-state index contributed by atoms with van der Waals surface area (Å²) >= 11 is 0. The minimum atomic E-state index is -3.70. The van der Waals surface area contributed by atoms with Gasteiger partial charge in [-0.25, -0.2) is 4.39 Å². The molecule has 2 aromatic rings. The molecule has 1 heterocycles. The highest BCUT2D eigenvalue weighted by atomic mass is 32.2. The maximum Gasteiger partial charge on any atom is 0.282 e. The molecule has 1 N–H and O–H groups in total. The maximum atomic E-state index is 12.9. The van der Waals surface area contributed by atoms with Crippen LogP contribution in [0.5, 0.6) is 0 Å². The molecule has 0 unspecified atom stereocenters. The van der Waals surface area contributed by atoms with Gasteiger partial charge in [0.15, 0.2) is 0 Å². The second-order valence-electron chi connectivity index (χ2n) is 6.92. The number of aryl methyl sites for hydroxylation is 1. The Bertz CT molecular complexity index is 915. The second kappa shape index (κ2) is 8.81. The minimum absolute atomic E-state index is 0.222. The van der Waals surface area contributed by atoms with Crippen molar-refractivity contribution in [3.05, 3.63) is 71.0 Å². The molecule has 0 atom stereocenters. The molecule has 0 saturated carbocycles. The molecule has 0 bridgehead atoms. The molecule has 1 saturated heterocycles. The highest BCUT2D eigenvalue weighted by molar-refractivity contribution is 7.86. The van der Waals surface area contributed by atoms with Gasteiger partial charge in [-0.3, -0.25) is 4.79 Å². The van der Waals surface area contributed by atoms with Crippen LogP contribution < -0.4 is 5.32 Å². The van der Waals surface area contributed by atoms with Crippen molar-refractivity contribution in [2.24, 2.45) is 0 Å². The van der Waals surface area contributed by atoms with Crippen molar-refractivity contribution in [2.45, 2.75) is 26.4 Å². The highest BCUT2D eigenvalue weighted by Crippen LogP contribution is 2.19. The van der Waals surface area contributed by atoms with Crippen molar-refractivity contribution >= 4 is 16.1 Å². The predicted molar refractivity (Wildman–Crippen MR) is 105 cm³/mol. The van der Waals surface area contributed by atoms with Crippen molar-refractivity contribution < 1.29 is 17.6 Å². The van der Waals surface area contributed by atoms with E-state index < -0.39 is 10.2 Å². The van der Waals surface area contributed by atoms with Gasteiger partial charge in [-0.05, 0) is 36.6 Å². The van der Waals surface area contributed by atoms with Crippen LogP contribution in [0.3, 0.4) is 0 Å². The summed E-state index contributed by atoms with van der Waals surface area (Å²) in [6.45, 7) is 3.01. The smallest absolute Gasteiger partial charge is 0.282 e. The number of nitrogens with zero attached hydrogens (tertiary/aromatic N) is 2. The third-order valence-electron chi connectivity index (χ3n) is 4.67. The average molecular weight is 405 g/mol. The van der Waals surface area contributed by atoms with Crippen LogP contribution in [0, 0.1) is 12.7 Å². The van der Waals surface area contributed by atoms with Gasteiger partial charge in [-0.15, -0.1) is 0 Å². The van der Waals surface area contributed by atoms with Crippen LogP contribution in [-0.4, -0.2) is 42.6 Å². The summed E-state index contributed by atoms with van der Waals surface area (Å²) in [5, 5.41) is 2.69. The summed E-state index contributed by atoms with van der Waals surface area (Å²) in [5.74, 6) is -0.728. The summed E-state index contributed by atoms with van der Waals surface area (Å²) in [6, 6.07) is 13.5. The lowest BCUT2D eigenvalue weighted by Gasteiger charge is -2.34. The van der Waals surface area contributed by atoms with E-state index in [0.717, 1.165) is 16.7 Å². The topological polar surface area (TPSA) is 69.7 Å². The van der Waals surface area contributed by atoms with E-state index in [1.807, 2.05) is 31.2 Å². The lowest BCUT2D eigenvalue weighted by atomic mass is 10.1. The Kier molecular flexibility index (Phi) is 6.43. The molecule has 1 aliphatic rings. The lowest BCUT2D eigenvalue weighted by Crippen LogP contribution is -2.52. The number of amides is 1. The zero-order valence-electron chi connectivity index (χ0n) is 15.8. The number of hydrogen-bond donors (Lipinski definition) is 1. The minimum Gasteiger partial charge on any atom is -0.351 e. The molecule has 1 amide bonds. The summed E-state index contributed by atoms with van der Waals surface area (Å²) in [7, 11) is -3.70. The fourth-order valence-corrected chi connectivity index (χ4v) is 4.69. The average Bonchev–Trinajstić information content (AvgIpc) is 2.66. The molecular formula is C20H24FN3O3S. The van der Waals surface area contributed by atoms with Crippen LogP contribution >= 0.6 is 0 Å². The first-order chi connectivity index (χ1) is 13.3. The fraction of sp³-hybridized carbons (Fsp3) is 0.350. The molecular weight excluding hydrogens is 381 g/mol. The monoisotopic (exact) mass is 405 g/mol. The lowest BCUT2D eigenvalue weighted by molar-refractivity contribution is -0.121. The van der Waals surface area contributed by atoms with Crippen LogP contribution in [0.25, 0.3) is 0 Å². The Morgan fingerprint density at radius 2 is 1.61 bits per heavy atom. The molecule has 6 nitrogen and oxygen atoms in total. The Morgan fingerprint density at radius 1 is 1.00 bits per heavy atom. The van der Waals surface area contributed by atoms with Crippen molar-refractivity contribution in [3.8, 4) is 0 Å². The zero-order chi connectivity index (χ0) is 20.1. The van der Waals surface area contributed by atoms with E-state index >= 15 is 0 Å². The first-order valence-electron chi connectivity index (χ1n) is 9.16. The van der Waals surface area contributed by atoms with Crippen molar-refractivity contribution in [2.75, 3.05) is 19.6 Å². The van der Waals surface area contributed by atoms with E-state index in [0.29, 0.717) is 19.5 Å². The Morgan fingerprint density at radius 3 is 2.29 bits per heavy atom. The number of halogens is 1. The first kappa shape index (κ1) is 20.4. The van der Waals surface area contributed by atoms with E-state index in [4.69, 9.17) is 0 Å². The highest BCUT2D eigenvalue weighted by Gasteiger charge is 2.34. The van der Waals surface area contributed by atoms with Crippen LogP contribution in [0.1, 0.15) is 23.1 Å². The van der Waals surface area contributed by atoms with Crippen molar-refractivity contribution in [1.82, 2.24) is 13.9 Å². The molecule has 0 aromatic heterocycles. The van der Waals surface area contributed by atoms with Gasteiger partial charge in [0.05, 0.1) is 6.54 Å². The number of rotatable bonds is 6. The molecule has 3 rings (SSSR count). The maximum absolute atomic E-state index is 12.9. The Balaban J connectivity index is 1.59. The van der Waals surface area contributed by atoms with Gasteiger partial charge in [-0.2, -0.15) is 17.0 Å². The van der Waals surface area contributed by atoms with Gasteiger partial charge in [0.25, 0.3) is 10.2 Å². The normalized spacial score (nSPS) is 17.4. The van der Waals surface area contributed by atoms with Crippen molar-refractivity contribution in [1.29, 1.82) is 0 Å².